The maximum atomic E-state index is 12.0. The van der Waals surface area contributed by atoms with Crippen LogP contribution in [0.2, 0.25) is 10.0 Å². The van der Waals surface area contributed by atoms with Crippen molar-refractivity contribution >= 4 is 48.8 Å². The van der Waals surface area contributed by atoms with Crippen LogP contribution in [-0.4, -0.2) is 20.9 Å². The van der Waals surface area contributed by atoms with Crippen molar-refractivity contribution in [2.75, 3.05) is 6.54 Å². The van der Waals surface area contributed by atoms with Crippen molar-refractivity contribution in [3.05, 3.63) is 27.7 Å². The number of amides is 1. The lowest BCUT2D eigenvalue weighted by molar-refractivity contribution is 0.0952. The summed E-state index contributed by atoms with van der Waals surface area (Å²) in [6.07, 6.45) is 0.803. The number of halogens is 3. The Morgan fingerprint density at radius 1 is 1.25 bits per heavy atom. The largest absolute Gasteiger partial charge is 0.352 e. The summed E-state index contributed by atoms with van der Waals surface area (Å²) in [4.78, 5) is 11.6. The molecule has 0 spiro atoms. The number of nitrogens with one attached hydrogen (secondary N) is 1. The lowest BCUT2D eigenvalue weighted by atomic mass is 10.1. The average Bonchev–Trinajstić information content (AvgIpc) is 2.26. The van der Waals surface area contributed by atoms with E-state index in [9.17, 15) is 13.2 Å². The van der Waals surface area contributed by atoms with Crippen molar-refractivity contribution in [2.45, 2.75) is 25.2 Å². The highest BCUT2D eigenvalue weighted by Gasteiger charge is 2.20. The van der Waals surface area contributed by atoms with E-state index in [1.807, 2.05) is 13.8 Å². The summed E-state index contributed by atoms with van der Waals surface area (Å²) < 4.78 is 22.7. The van der Waals surface area contributed by atoms with E-state index in [1.165, 1.54) is 6.07 Å². The van der Waals surface area contributed by atoms with Gasteiger partial charge in [0, 0.05) is 17.2 Å². The van der Waals surface area contributed by atoms with Gasteiger partial charge < -0.3 is 5.32 Å². The summed E-state index contributed by atoms with van der Waals surface area (Å²) in [6.45, 7) is 4.53. The molecule has 0 radical (unpaired) electrons. The maximum Gasteiger partial charge on any atom is 0.262 e. The van der Waals surface area contributed by atoms with Gasteiger partial charge in [-0.3, -0.25) is 4.79 Å². The van der Waals surface area contributed by atoms with Crippen molar-refractivity contribution in [2.24, 2.45) is 5.92 Å². The first-order chi connectivity index (χ1) is 9.12. The van der Waals surface area contributed by atoms with Gasteiger partial charge >= 0.3 is 0 Å². The Morgan fingerprint density at radius 2 is 1.85 bits per heavy atom. The third kappa shape index (κ3) is 4.81. The van der Waals surface area contributed by atoms with Crippen molar-refractivity contribution in [3.8, 4) is 0 Å². The molecule has 8 heteroatoms. The molecule has 0 saturated heterocycles. The number of carbonyl (C=O) groups excluding carboxylic acids is 1. The minimum atomic E-state index is -4.04. The van der Waals surface area contributed by atoms with Gasteiger partial charge in [0.05, 0.1) is 15.6 Å². The Morgan fingerprint density at radius 3 is 2.35 bits per heavy atom. The Kier molecular flexibility index (Phi) is 6.13. The number of hydrogen-bond acceptors (Lipinski definition) is 3. The molecule has 1 aromatic rings. The summed E-state index contributed by atoms with van der Waals surface area (Å²) in [5, 5.41) is 2.61. The van der Waals surface area contributed by atoms with Gasteiger partial charge in [-0.05, 0) is 24.5 Å². The molecule has 0 fully saturated rings. The van der Waals surface area contributed by atoms with Crippen LogP contribution in [0.25, 0.3) is 0 Å². The second kappa shape index (κ2) is 6.98. The third-order valence-electron chi connectivity index (χ3n) is 2.54. The van der Waals surface area contributed by atoms with Gasteiger partial charge in [0.15, 0.2) is 0 Å². The molecule has 1 N–H and O–H groups in total. The predicted octanol–water partition coefficient (Wildman–Crippen LogP) is 3.70. The fourth-order valence-electron chi connectivity index (χ4n) is 1.46. The molecule has 0 bridgehead atoms. The summed E-state index contributed by atoms with van der Waals surface area (Å²) in [5.41, 5.74) is 0.0269. The highest BCUT2D eigenvalue weighted by Crippen LogP contribution is 2.30. The number of carbonyl (C=O) groups is 1. The van der Waals surface area contributed by atoms with Gasteiger partial charge in [0.1, 0.15) is 4.90 Å². The van der Waals surface area contributed by atoms with Crippen molar-refractivity contribution in [1.82, 2.24) is 5.32 Å². The molecule has 1 rings (SSSR count). The van der Waals surface area contributed by atoms with Crippen molar-refractivity contribution in [1.29, 1.82) is 0 Å². The fraction of sp³-hybridized carbons (Fsp3) is 0.417. The Bertz CT molecular complexity index is 615. The second-order valence-corrected chi connectivity index (χ2v) is 7.99. The van der Waals surface area contributed by atoms with Crippen LogP contribution in [0.15, 0.2) is 17.0 Å². The molecular weight excluding hydrogens is 345 g/mol. The fourth-order valence-corrected chi connectivity index (χ4v) is 3.29. The molecule has 112 valence electrons. The van der Waals surface area contributed by atoms with Crippen LogP contribution >= 0.6 is 33.9 Å². The van der Waals surface area contributed by atoms with Crippen LogP contribution in [-0.2, 0) is 9.05 Å². The Balaban J connectivity index is 3.04. The van der Waals surface area contributed by atoms with Crippen LogP contribution < -0.4 is 5.32 Å². The molecule has 0 unspecified atom stereocenters. The van der Waals surface area contributed by atoms with Crippen LogP contribution in [0.1, 0.15) is 30.6 Å². The second-order valence-electron chi connectivity index (χ2n) is 4.64. The van der Waals surface area contributed by atoms with Crippen molar-refractivity contribution < 1.29 is 13.2 Å². The highest BCUT2D eigenvalue weighted by atomic mass is 35.7. The number of hydrogen-bond donors (Lipinski definition) is 1. The minimum Gasteiger partial charge on any atom is -0.352 e. The van der Waals surface area contributed by atoms with E-state index in [2.05, 4.69) is 5.32 Å². The van der Waals surface area contributed by atoms with Gasteiger partial charge in [-0.25, -0.2) is 8.42 Å². The van der Waals surface area contributed by atoms with Gasteiger partial charge in [-0.1, -0.05) is 37.0 Å². The summed E-state index contributed by atoms with van der Waals surface area (Å²) in [7, 11) is 1.21. The van der Waals surface area contributed by atoms with Gasteiger partial charge in [0.2, 0.25) is 0 Å². The molecule has 1 amide bonds. The number of rotatable bonds is 5. The maximum absolute atomic E-state index is 12.0. The third-order valence-corrected chi connectivity index (χ3v) is 4.64. The normalized spacial score (nSPS) is 11.7. The van der Waals surface area contributed by atoms with E-state index in [-0.39, 0.29) is 20.5 Å². The number of benzene rings is 1. The van der Waals surface area contributed by atoms with E-state index in [0.29, 0.717) is 12.5 Å². The zero-order chi connectivity index (χ0) is 15.5. The van der Waals surface area contributed by atoms with E-state index >= 15 is 0 Å². The summed E-state index contributed by atoms with van der Waals surface area (Å²) >= 11 is 11.7. The monoisotopic (exact) mass is 357 g/mol. The minimum absolute atomic E-state index is 0.0269. The molecule has 4 nitrogen and oxygen atoms in total. The van der Waals surface area contributed by atoms with E-state index in [0.717, 1.165) is 12.5 Å². The van der Waals surface area contributed by atoms with Crippen LogP contribution in [0, 0.1) is 5.92 Å². The molecule has 0 aliphatic rings. The van der Waals surface area contributed by atoms with Crippen LogP contribution in [0.5, 0.6) is 0 Å². The molecule has 0 aromatic heterocycles. The zero-order valence-electron chi connectivity index (χ0n) is 10.9. The SMILES string of the molecule is CC(C)CCNC(=O)c1cc(S(=O)(=O)Cl)c(Cl)cc1Cl. The van der Waals surface area contributed by atoms with Crippen LogP contribution in [0.3, 0.4) is 0 Å². The molecule has 20 heavy (non-hydrogen) atoms. The molecule has 0 atom stereocenters. The molecule has 1 aromatic carbocycles. The topological polar surface area (TPSA) is 63.2 Å². The first kappa shape index (κ1) is 17.6. The van der Waals surface area contributed by atoms with Gasteiger partial charge in [-0.2, -0.15) is 0 Å². The highest BCUT2D eigenvalue weighted by molar-refractivity contribution is 8.13. The Labute approximate surface area is 132 Å². The average molecular weight is 359 g/mol. The van der Waals surface area contributed by atoms with E-state index < -0.39 is 15.0 Å². The van der Waals surface area contributed by atoms with Gasteiger partial charge in [0.25, 0.3) is 15.0 Å². The zero-order valence-corrected chi connectivity index (χ0v) is 14.0. The van der Waals surface area contributed by atoms with Crippen molar-refractivity contribution in [3.63, 3.8) is 0 Å². The van der Waals surface area contributed by atoms with E-state index in [1.54, 1.807) is 0 Å². The smallest absolute Gasteiger partial charge is 0.262 e. The predicted molar refractivity (Wildman–Crippen MR) is 81.3 cm³/mol. The quantitative estimate of drug-likeness (QED) is 0.816. The first-order valence-corrected chi connectivity index (χ1v) is 8.91. The molecular formula is C12H14Cl3NO3S. The lowest BCUT2D eigenvalue weighted by Gasteiger charge is -2.10. The van der Waals surface area contributed by atoms with Crippen LogP contribution in [0.4, 0.5) is 0 Å². The lowest BCUT2D eigenvalue weighted by Crippen LogP contribution is -2.25. The summed E-state index contributed by atoms with van der Waals surface area (Å²) in [6, 6.07) is 2.27. The van der Waals surface area contributed by atoms with Gasteiger partial charge in [-0.15, -0.1) is 0 Å². The molecule has 0 heterocycles. The molecule has 0 saturated carbocycles. The molecule has 0 aliphatic heterocycles. The van der Waals surface area contributed by atoms with E-state index in [4.69, 9.17) is 33.9 Å². The molecule has 0 aliphatic carbocycles. The first-order valence-electron chi connectivity index (χ1n) is 5.85. The summed E-state index contributed by atoms with van der Waals surface area (Å²) in [5.74, 6) is -0.0244. The Hall–Kier alpha value is -0.490. The standard InChI is InChI=1S/C12H14Cl3NO3S/c1-7(2)3-4-16-12(17)8-5-11(20(15,18)19)10(14)6-9(8)13/h5-7H,3-4H2,1-2H3,(H,16,17).